The van der Waals surface area contributed by atoms with Gasteiger partial charge in [0.1, 0.15) is 23.1 Å². The predicted molar refractivity (Wildman–Crippen MR) is 90.1 cm³/mol. The quantitative estimate of drug-likeness (QED) is 0.343. The molecule has 26 heavy (non-hydrogen) atoms. The SMILES string of the molecule is CCOc1c(OC(C)=O)ccc(-c2nc(N)nc(N)c2C#N)c1[N+](=O)[O-]. The number of hydrogen-bond donors (Lipinski definition) is 2. The van der Waals surface area contributed by atoms with E-state index in [9.17, 15) is 20.2 Å². The molecule has 1 aromatic carbocycles. The number of nitro benzene ring substituents is 1. The Morgan fingerprint density at radius 1 is 1.38 bits per heavy atom. The van der Waals surface area contributed by atoms with Gasteiger partial charge in [0.15, 0.2) is 5.75 Å². The van der Waals surface area contributed by atoms with Crippen molar-refractivity contribution in [1.82, 2.24) is 9.97 Å². The van der Waals surface area contributed by atoms with Crippen LogP contribution in [0, 0.1) is 21.4 Å². The zero-order valence-electron chi connectivity index (χ0n) is 13.8. The molecule has 0 saturated heterocycles. The first-order valence-electron chi connectivity index (χ1n) is 7.26. The van der Waals surface area contributed by atoms with E-state index in [1.165, 1.54) is 12.1 Å². The van der Waals surface area contributed by atoms with Gasteiger partial charge in [-0.15, -0.1) is 0 Å². The second-order valence-corrected chi connectivity index (χ2v) is 4.88. The van der Waals surface area contributed by atoms with E-state index < -0.39 is 16.6 Å². The average molecular weight is 358 g/mol. The molecule has 11 heteroatoms. The lowest BCUT2D eigenvalue weighted by molar-refractivity contribution is -0.385. The molecule has 0 atom stereocenters. The Labute approximate surface area is 147 Å². The van der Waals surface area contributed by atoms with Crippen LogP contribution in [0.4, 0.5) is 17.5 Å². The molecule has 1 heterocycles. The van der Waals surface area contributed by atoms with Crippen LogP contribution in [0.3, 0.4) is 0 Å². The van der Waals surface area contributed by atoms with Gasteiger partial charge in [0.25, 0.3) is 0 Å². The maximum absolute atomic E-state index is 11.7. The molecule has 2 aromatic rings. The summed E-state index contributed by atoms with van der Waals surface area (Å²) in [6.07, 6.45) is 0. The van der Waals surface area contributed by atoms with E-state index in [1.54, 1.807) is 13.0 Å². The van der Waals surface area contributed by atoms with E-state index in [2.05, 4.69) is 9.97 Å². The second-order valence-electron chi connectivity index (χ2n) is 4.88. The van der Waals surface area contributed by atoms with Gasteiger partial charge in [-0.2, -0.15) is 10.2 Å². The Bertz CT molecular complexity index is 937. The monoisotopic (exact) mass is 358 g/mol. The van der Waals surface area contributed by atoms with Gasteiger partial charge < -0.3 is 20.9 Å². The van der Waals surface area contributed by atoms with Crippen molar-refractivity contribution in [2.75, 3.05) is 18.1 Å². The standard InChI is InChI=1S/C15H14N6O5/c1-3-25-13-10(26-7(2)22)5-4-8(12(13)21(23)24)11-9(6-16)14(17)20-15(18)19-11/h4-5H,3H2,1-2H3,(H4,17,18,19,20). The lowest BCUT2D eigenvalue weighted by Crippen LogP contribution is -2.09. The van der Waals surface area contributed by atoms with Gasteiger partial charge in [-0.05, 0) is 19.1 Å². The van der Waals surface area contributed by atoms with Crippen molar-refractivity contribution in [2.24, 2.45) is 0 Å². The number of hydrogen-bond acceptors (Lipinski definition) is 10. The maximum atomic E-state index is 11.7. The molecular weight excluding hydrogens is 344 g/mol. The largest absolute Gasteiger partial charge is 0.485 e. The fourth-order valence-corrected chi connectivity index (χ4v) is 2.25. The highest BCUT2D eigenvalue weighted by Crippen LogP contribution is 2.45. The van der Waals surface area contributed by atoms with Crippen LogP contribution in [0.25, 0.3) is 11.3 Å². The maximum Gasteiger partial charge on any atom is 0.324 e. The Kier molecular flexibility index (Phi) is 5.17. The van der Waals surface area contributed by atoms with Gasteiger partial charge in [-0.25, -0.2) is 4.98 Å². The number of benzene rings is 1. The molecule has 0 aliphatic rings. The molecule has 1 aromatic heterocycles. The first-order valence-corrected chi connectivity index (χ1v) is 7.26. The highest BCUT2D eigenvalue weighted by atomic mass is 16.6. The minimum absolute atomic E-state index is 0.0672. The number of esters is 1. The molecule has 2 rings (SSSR count). The van der Waals surface area contributed by atoms with Crippen molar-refractivity contribution in [3.05, 3.63) is 27.8 Å². The van der Waals surface area contributed by atoms with Gasteiger partial charge in [0, 0.05) is 6.92 Å². The van der Waals surface area contributed by atoms with Crippen LogP contribution in [-0.2, 0) is 4.79 Å². The number of carbonyl (C=O) groups is 1. The number of nitriles is 1. The molecule has 0 spiro atoms. The number of nitrogens with zero attached hydrogens (tertiary/aromatic N) is 4. The molecule has 4 N–H and O–H groups in total. The summed E-state index contributed by atoms with van der Waals surface area (Å²) in [6, 6.07) is 4.36. The zero-order chi connectivity index (χ0) is 19.4. The second kappa shape index (κ2) is 7.31. The van der Waals surface area contributed by atoms with Crippen LogP contribution >= 0.6 is 0 Å². The zero-order valence-corrected chi connectivity index (χ0v) is 13.8. The number of ether oxygens (including phenoxy) is 2. The molecule has 0 aliphatic carbocycles. The number of nitrogen functional groups attached to an aromatic ring is 2. The highest BCUT2D eigenvalue weighted by Gasteiger charge is 2.30. The molecule has 0 unspecified atom stereocenters. The molecule has 0 radical (unpaired) electrons. The third kappa shape index (κ3) is 3.44. The normalized spacial score (nSPS) is 10.0. The smallest absolute Gasteiger partial charge is 0.324 e. The summed E-state index contributed by atoms with van der Waals surface area (Å²) in [7, 11) is 0. The molecule has 0 saturated carbocycles. The fourth-order valence-electron chi connectivity index (χ4n) is 2.25. The minimum atomic E-state index is -0.733. The van der Waals surface area contributed by atoms with Crippen LogP contribution in [0.15, 0.2) is 12.1 Å². The summed E-state index contributed by atoms with van der Waals surface area (Å²) in [4.78, 5) is 29.8. The number of rotatable bonds is 5. The number of nitro groups is 1. The molecule has 0 aliphatic heterocycles. The van der Waals surface area contributed by atoms with E-state index >= 15 is 0 Å². The van der Waals surface area contributed by atoms with Crippen LogP contribution < -0.4 is 20.9 Å². The molecule has 0 amide bonds. The van der Waals surface area contributed by atoms with Crippen molar-refractivity contribution in [1.29, 1.82) is 5.26 Å². The Morgan fingerprint density at radius 3 is 2.62 bits per heavy atom. The minimum Gasteiger partial charge on any atom is -0.485 e. The first-order chi connectivity index (χ1) is 12.3. The third-order valence-corrected chi connectivity index (χ3v) is 3.14. The lowest BCUT2D eigenvalue weighted by Gasteiger charge is -2.13. The summed E-state index contributed by atoms with van der Waals surface area (Å²) in [6.45, 7) is 2.82. The van der Waals surface area contributed by atoms with Crippen LogP contribution in [0.2, 0.25) is 0 Å². The van der Waals surface area contributed by atoms with Crippen LogP contribution in [0.1, 0.15) is 19.4 Å². The lowest BCUT2D eigenvalue weighted by atomic mass is 10.0. The van der Waals surface area contributed by atoms with Gasteiger partial charge in [-0.1, -0.05) is 0 Å². The Balaban J connectivity index is 2.87. The molecule has 0 bridgehead atoms. The van der Waals surface area contributed by atoms with Crippen molar-refractivity contribution in [3.63, 3.8) is 0 Å². The van der Waals surface area contributed by atoms with Crippen molar-refractivity contribution in [3.8, 4) is 28.8 Å². The summed E-state index contributed by atoms with van der Waals surface area (Å²) in [5, 5.41) is 21.0. The Hall–Kier alpha value is -3.94. The summed E-state index contributed by atoms with van der Waals surface area (Å²) in [5.74, 6) is -1.56. The third-order valence-electron chi connectivity index (χ3n) is 3.14. The summed E-state index contributed by atoms with van der Waals surface area (Å²) in [5.41, 5.74) is 10.3. The van der Waals surface area contributed by atoms with Crippen LogP contribution in [-0.4, -0.2) is 27.5 Å². The van der Waals surface area contributed by atoms with Crippen molar-refractivity contribution < 1.29 is 19.2 Å². The van der Waals surface area contributed by atoms with Gasteiger partial charge in [0.05, 0.1) is 17.1 Å². The van der Waals surface area contributed by atoms with Gasteiger partial charge in [0.2, 0.25) is 11.7 Å². The van der Waals surface area contributed by atoms with Crippen molar-refractivity contribution >= 4 is 23.4 Å². The van der Waals surface area contributed by atoms with Gasteiger partial charge >= 0.3 is 11.7 Å². The Morgan fingerprint density at radius 2 is 2.08 bits per heavy atom. The first kappa shape index (κ1) is 18.4. The predicted octanol–water partition coefficient (Wildman–Crippen LogP) is 1.41. The van der Waals surface area contributed by atoms with Gasteiger partial charge in [-0.3, -0.25) is 14.9 Å². The van der Waals surface area contributed by atoms with E-state index in [0.29, 0.717) is 0 Å². The summed E-state index contributed by atoms with van der Waals surface area (Å²) >= 11 is 0. The van der Waals surface area contributed by atoms with Crippen LogP contribution in [0.5, 0.6) is 11.5 Å². The summed E-state index contributed by atoms with van der Waals surface area (Å²) < 4.78 is 10.3. The highest BCUT2D eigenvalue weighted by molar-refractivity contribution is 5.84. The molecule has 11 nitrogen and oxygen atoms in total. The number of aromatic nitrogens is 2. The average Bonchev–Trinajstić information content (AvgIpc) is 2.54. The topological polar surface area (TPSA) is 180 Å². The van der Waals surface area contributed by atoms with E-state index in [4.69, 9.17) is 20.9 Å². The van der Waals surface area contributed by atoms with E-state index in [1.807, 2.05) is 0 Å². The number of nitrogens with two attached hydrogens (primary N) is 2. The fraction of sp³-hybridized carbons (Fsp3) is 0.200. The molecular formula is C15H14N6O5. The molecule has 0 fully saturated rings. The van der Waals surface area contributed by atoms with E-state index in [0.717, 1.165) is 6.92 Å². The van der Waals surface area contributed by atoms with Crippen molar-refractivity contribution in [2.45, 2.75) is 13.8 Å². The number of carbonyl (C=O) groups excluding carboxylic acids is 1. The molecule has 134 valence electrons. The number of anilines is 2. The van der Waals surface area contributed by atoms with E-state index in [-0.39, 0.29) is 46.7 Å².